The second kappa shape index (κ2) is 7.43. The van der Waals surface area contributed by atoms with Crippen LogP contribution >= 0.6 is 0 Å². The van der Waals surface area contributed by atoms with Crippen LogP contribution in [-0.4, -0.2) is 42.8 Å². The maximum absolute atomic E-state index is 5.51. The molecule has 0 amide bonds. The Morgan fingerprint density at radius 2 is 2.25 bits per heavy atom. The Morgan fingerprint density at radius 3 is 2.95 bits per heavy atom. The van der Waals surface area contributed by atoms with Crippen LogP contribution in [0.1, 0.15) is 38.7 Å². The van der Waals surface area contributed by atoms with Crippen molar-refractivity contribution >= 4 is 11.6 Å². The Morgan fingerprint density at radius 1 is 1.40 bits per heavy atom. The number of aromatic nitrogens is 2. The van der Waals surface area contributed by atoms with Crippen LogP contribution in [0.25, 0.3) is 0 Å². The lowest BCUT2D eigenvalue weighted by Crippen LogP contribution is -2.40. The highest BCUT2D eigenvalue weighted by Gasteiger charge is 2.23. The lowest BCUT2D eigenvalue weighted by Gasteiger charge is -2.34. The first-order chi connectivity index (χ1) is 9.80. The van der Waals surface area contributed by atoms with Gasteiger partial charge in [-0.2, -0.15) is 0 Å². The summed E-state index contributed by atoms with van der Waals surface area (Å²) in [6.07, 6.45) is 6.32. The third kappa shape index (κ3) is 3.39. The summed E-state index contributed by atoms with van der Waals surface area (Å²) in [7, 11) is 1.79. The third-order valence-electron chi connectivity index (χ3n) is 3.83. The van der Waals surface area contributed by atoms with Crippen LogP contribution in [-0.2, 0) is 11.2 Å². The number of hydrogen-bond acceptors (Lipinski definition) is 5. The molecule has 1 atom stereocenters. The molecule has 1 aromatic rings. The second-order valence-electron chi connectivity index (χ2n) is 5.25. The Labute approximate surface area is 121 Å². The van der Waals surface area contributed by atoms with Crippen molar-refractivity contribution in [2.75, 3.05) is 37.0 Å². The normalized spacial score (nSPS) is 19.1. The average molecular weight is 278 g/mol. The van der Waals surface area contributed by atoms with Gasteiger partial charge in [0.05, 0.1) is 6.10 Å². The van der Waals surface area contributed by atoms with E-state index in [9.17, 15) is 0 Å². The van der Waals surface area contributed by atoms with Crippen molar-refractivity contribution in [3.05, 3.63) is 11.9 Å². The van der Waals surface area contributed by atoms with Crippen LogP contribution in [0.5, 0.6) is 0 Å². The topological polar surface area (TPSA) is 50.3 Å². The summed E-state index contributed by atoms with van der Waals surface area (Å²) >= 11 is 0. The van der Waals surface area contributed by atoms with Gasteiger partial charge in [0.15, 0.2) is 0 Å². The van der Waals surface area contributed by atoms with Gasteiger partial charge in [0.2, 0.25) is 0 Å². The van der Waals surface area contributed by atoms with Gasteiger partial charge in [-0.15, -0.1) is 0 Å². The molecule has 1 fully saturated rings. The molecule has 1 saturated heterocycles. The summed E-state index contributed by atoms with van der Waals surface area (Å²) < 4.78 is 5.51. The maximum Gasteiger partial charge on any atom is 0.137 e. The monoisotopic (exact) mass is 278 g/mol. The van der Waals surface area contributed by atoms with Crippen LogP contribution in [0.2, 0.25) is 0 Å². The van der Waals surface area contributed by atoms with Crippen molar-refractivity contribution in [1.82, 2.24) is 9.97 Å². The van der Waals surface area contributed by atoms with Crippen LogP contribution in [0.3, 0.4) is 0 Å². The summed E-state index contributed by atoms with van der Waals surface area (Å²) in [6.45, 7) is 7.25. The summed E-state index contributed by atoms with van der Waals surface area (Å²) in [4.78, 5) is 11.3. The molecule has 20 heavy (non-hydrogen) atoms. The number of nitrogens with one attached hydrogen (secondary N) is 1. The number of rotatable bonds is 6. The predicted octanol–water partition coefficient (Wildman–Crippen LogP) is 2.48. The number of methoxy groups -OCH3 is 1. The molecule has 2 rings (SSSR count). The highest BCUT2D eigenvalue weighted by Crippen LogP contribution is 2.27. The molecule has 0 bridgehead atoms. The largest absolute Gasteiger partial charge is 0.380 e. The molecule has 0 saturated carbocycles. The fourth-order valence-electron chi connectivity index (χ4n) is 2.72. The smallest absolute Gasteiger partial charge is 0.137 e. The van der Waals surface area contributed by atoms with Crippen molar-refractivity contribution in [3.8, 4) is 0 Å². The van der Waals surface area contributed by atoms with E-state index in [1.807, 2.05) is 0 Å². The quantitative estimate of drug-likeness (QED) is 0.866. The molecule has 0 aliphatic carbocycles. The van der Waals surface area contributed by atoms with Gasteiger partial charge in [-0.05, 0) is 25.7 Å². The van der Waals surface area contributed by atoms with Crippen LogP contribution in [0.4, 0.5) is 11.6 Å². The van der Waals surface area contributed by atoms with Crippen molar-refractivity contribution in [2.24, 2.45) is 0 Å². The lowest BCUT2D eigenvalue weighted by atomic mass is 10.1. The first-order valence-electron chi connectivity index (χ1n) is 7.65. The van der Waals surface area contributed by atoms with Crippen LogP contribution < -0.4 is 10.2 Å². The molecule has 1 aliphatic heterocycles. The fraction of sp³-hybridized carbons (Fsp3) is 0.733. The molecule has 5 heteroatoms. The van der Waals surface area contributed by atoms with E-state index in [4.69, 9.17) is 4.74 Å². The maximum atomic E-state index is 5.51. The lowest BCUT2D eigenvalue weighted by molar-refractivity contribution is 0.0891. The average Bonchev–Trinajstić information content (AvgIpc) is 2.52. The van der Waals surface area contributed by atoms with Crippen molar-refractivity contribution < 1.29 is 4.74 Å². The van der Waals surface area contributed by atoms with Gasteiger partial charge in [-0.1, -0.05) is 13.8 Å². The minimum absolute atomic E-state index is 0.315. The highest BCUT2D eigenvalue weighted by molar-refractivity contribution is 5.59. The SMILES string of the molecule is CCCNc1ncnc(N2CCCC(OC)C2)c1CC. The molecule has 1 N–H and O–H groups in total. The number of anilines is 2. The molecule has 5 nitrogen and oxygen atoms in total. The van der Waals surface area contributed by atoms with E-state index in [1.165, 1.54) is 5.56 Å². The number of hydrogen-bond donors (Lipinski definition) is 1. The number of piperidine rings is 1. The van der Waals surface area contributed by atoms with Crippen LogP contribution in [0.15, 0.2) is 6.33 Å². The summed E-state index contributed by atoms with van der Waals surface area (Å²) in [6, 6.07) is 0. The zero-order chi connectivity index (χ0) is 14.4. The second-order valence-corrected chi connectivity index (χ2v) is 5.25. The molecule has 1 aromatic heterocycles. The fourth-order valence-corrected chi connectivity index (χ4v) is 2.72. The minimum Gasteiger partial charge on any atom is -0.380 e. The van der Waals surface area contributed by atoms with Crippen molar-refractivity contribution in [2.45, 2.75) is 45.6 Å². The highest BCUT2D eigenvalue weighted by atomic mass is 16.5. The molecular formula is C15H26N4O. The van der Waals surface area contributed by atoms with Gasteiger partial charge < -0.3 is 15.0 Å². The van der Waals surface area contributed by atoms with Gasteiger partial charge in [0.1, 0.15) is 18.0 Å². The Balaban J connectivity index is 2.21. The summed E-state index contributed by atoms with van der Waals surface area (Å²) in [5.41, 5.74) is 1.22. The molecule has 112 valence electrons. The molecular weight excluding hydrogens is 252 g/mol. The van der Waals surface area contributed by atoms with Gasteiger partial charge in [0, 0.05) is 32.3 Å². The Hall–Kier alpha value is -1.36. The number of nitrogens with zero attached hydrogens (tertiary/aromatic N) is 3. The van der Waals surface area contributed by atoms with E-state index in [-0.39, 0.29) is 0 Å². The van der Waals surface area contributed by atoms with E-state index in [2.05, 4.69) is 34.0 Å². The van der Waals surface area contributed by atoms with Crippen LogP contribution in [0, 0.1) is 0 Å². The zero-order valence-electron chi connectivity index (χ0n) is 12.9. The van der Waals surface area contributed by atoms with E-state index in [0.717, 1.165) is 57.0 Å². The third-order valence-corrected chi connectivity index (χ3v) is 3.83. The van der Waals surface area contributed by atoms with Gasteiger partial charge in [-0.25, -0.2) is 9.97 Å². The summed E-state index contributed by atoms with van der Waals surface area (Å²) in [5.74, 6) is 2.06. The predicted molar refractivity (Wildman–Crippen MR) is 82.4 cm³/mol. The molecule has 0 radical (unpaired) electrons. The molecule has 0 aromatic carbocycles. The standard InChI is InChI=1S/C15H26N4O/c1-4-8-16-14-13(5-2)15(18-11-17-14)19-9-6-7-12(10-19)20-3/h11-12H,4-10H2,1-3H3,(H,16,17,18). The van der Waals surface area contributed by atoms with E-state index in [0.29, 0.717) is 6.10 Å². The van der Waals surface area contributed by atoms with E-state index < -0.39 is 0 Å². The summed E-state index contributed by atoms with van der Waals surface area (Å²) in [5, 5.41) is 3.41. The van der Waals surface area contributed by atoms with E-state index >= 15 is 0 Å². The van der Waals surface area contributed by atoms with Crippen molar-refractivity contribution in [1.29, 1.82) is 0 Å². The Bertz CT molecular complexity index is 424. The molecule has 0 spiro atoms. The first-order valence-corrected chi connectivity index (χ1v) is 7.65. The zero-order valence-corrected chi connectivity index (χ0v) is 12.9. The first kappa shape index (κ1) is 15.0. The molecule has 2 heterocycles. The molecule has 1 unspecified atom stereocenters. The van der Waals surface area contributed by atoms with E-state index in [1.54, 1.807) is 13.4 Å². The molecule has 1 aliphatic rings. The number of ether oxygens (including phenoxy) is 1. The minimum atomic E-state index is 0.315. The van der Waals surface area contributed by atoms with Gasteiger partial charge in [-0.3, -0.25) is 0 Å². The van der Waals surface area contributed by atoms with Gasteiger partial charge >= 0.3 is 0 Å². The van der Waals surface area contributed by atoms with Crippen molar-refractivity contribution in [3.63, 3.8) is 0 Å². The Kier molecular flexibility index (Phi) is 5.59. The van der Waals surface area contributed by atoms with Gasteiger partial charge in [0.25, 0.3) is 0 Å².